The van der Waals surface area contributed by atoms with E-state index in [-0.39, 0.29) is 16.4 Å². The molecular formula is C24H31N3O4S. The van der Waals surface area contributed by atoms with Crippen LogP contribution >= 0.6 is 12.2 Å². The summed E-state index contributed by atoms with van der Waals surface area (Å²) in [5, 5.41) is 2.53. The van der Waals surface area contributed by atoms with Crippen LogP contribution in [0.25, 0.3) is 0 Å². The molecule has 0 bridgehead atoms. The number of ether oxygens (including phenoxy) is 2. The number of amides is 2. The van der Waals surface area contributed by atoms with E-state index < -0.39 is 11.7 Å². The van der Waals surface area contributed by atoms with E-state index in [9.17, 15) is 9.59 Å². The van der Waals surface area contributed by atoms with E-state index >= 15 is 0 Å². The molecule has 172 valence electrons. The van der Waals surface area contributed by atoms with Crippen LogP contribution in [0.1, 0.15) is 57.5 Å². The molecule has 0 atom stereocenters. The quantitative estimate of drug-likeness (QED) is 0.611. The zero-order valence-corrected chi connectivity index (χ0v) is 20.4. The third-order valence-corrected chi connectivity index (χ3v) is 4.68. The van der Waals surface area contributed by atoms with Crippen molar-refractivity contribution in [2.45, 2.75) is 52.6 Å². The molecule has 0 aliphatic rings. The van der Waals surface area contributed by atoms with Gasteiger partial charge in [0, 0.05) is 11.6 Å². The summed E-state index contributed by atoms with van der Waals surface area (Å²) in [5.74, 6) is -0.0432. The van der Waals surface area contributed by atoms with Gasteiger partial charge < -0.3 is 15.2 Å². The molecule has 0 radical (unpaired) electrons. The number of carbonyl (C=O) groups is 2. The summed E-state index contributed by atoms with van der Waals surface area (Å²) in [7, 11) is 1.46. The van der Waals surface area contributed by atoms with Crippen LogP contribution in [0, 0.1) is 0 Å². The molecular weight excluding hydrogens is 426 g/mol. The molecule has 0 heterocycles. The highest BCUT2D eigenvalue weighted by atomic mass is 32.1. The zero-order valence-electron chi connectivity index (χ0n) is 19.6. The van der Waals surface area contributed by atoms with Gasteiger partial charge in [-0.05, 0) is 68.2 Å². The molecule has 7 nitrogen and oxygen atoms in total. The molecule has 32 heavy (non-hydrogen) atoms. The fraction of sp³-hybridized carbons (Fsp3) is 0.375. The van der Waals surface area contributed by atoms with Crippen LogP contribution < -0.4 is 20.7 Å². The lowest BCUT2D eigenvalue weighted by molar-refractivity contribution is 0.0635. The van der Waals surface area contributed by atoms with Crippen molar-refractivity contribution < 1.29 is 19.1 Å². The highest BCUT2D eigenvalue weighted by molar-refractivity contribution is 7.80. The van der Waals surface area contributed by atoms with Gasteiger partial charge in [0.1, 0.15) is 11.4 Å². The van der Waals surface area contributed by atoms with Gasteiger partial charge in [-0.3, -0.25) is 15.0 Å². The van der Waals surface area contributed by atoms with Gasteiger partial charge in [-0.25, -0.2) is 4.79 Å². The maximum Gasteiger partial charge on any atom is 0.412 e. The summed E-state index contributed by atoms with van der Waals surface area (Å²) in [6.07, 6.45) is -0.621. The molecule has 0 saturated heterocycles. The average Bonchev–Trinajstić information content (AvgIpc) is 2.66. The Morgan fingerprint density at radius 1 is 1.00 bits per heavy atom. The first-order chi connectivity index (χ1) is 14.7. The third-order valence-electron chi connectivity index (χ3n) is 4.50. The third kappa shape index (κ3) is 6.43. The Morgan fingerprint density at radius 2 is 1.59 bits per heavy atom. The molecule has 0 aliphatic carbocycles. The summed E-state index contributed by atoms with van der Waals surface area (Å²) in [5.41, 5.74) is 7.56. The van der Waals surface area contributed by atoms with Crippen molar-refractivity contribution in [3.05, 3.63) is 53.6 Å². The maximum absolute atomic E-state index is 13.2. The van der Waals surface area contributed by atoms with Crippen molar-refractivity contribution >= 4 is 40.7 Å². The Hall–Kier alpha value is -3.13. The molecule has 0 aliphatic heterocycles. The van der Waals surface area contributed by atoms with Crippen LogP contribution in [0.2, 0.25) is 0 Å². The molecule has 2 aromatic carbocycles. The summed E-state index contributed by atoms with van der Waals surface area (Å²) in [6.45, 7) is 11.6. The molecule has 2 amide bonds. The number of hydrogen-bond acceptors (Lipinski definition) is 5. The predicted molar refractivity (Wildman–Crippen MR) is 132 cm³/mol. The second kappa shape index (κ2) is 9.56. The SMILES string of the molecule is COc1cc(N(C(=O)c2ccc(C(C)(C)C)cc2)C(N)=S)ccc1NC(=O)OC(C)(C)C. The second-order valence-corrected chi connectivity index (χ2v) is 9.74. The summed E-state index contributed by atoms with van der Waals surface area (Å²) >= 11 is 5.15. The lowest BCUT2D eigenvalue weighted by Crippen LogP contribution is -2.40. The second-order valence-electron chi connectivity index (χ2n) is 9.32. The predicted octanol–water partition coefficient (Wildman–Crippen LogP) is 5.23. The van der Waals surface area contributed by atoms with Crippen LogP contribution in [0.4, 0.5) is 16.2 Å². The number of anilines is 2. The number of methoxy groups -OCH3 is 1. The largest absolute Gasteiger partial charge is 0.494 e. The van der Waals surface area contributed by atoms with Gasteiger partial charge in [0.05, 0.1) is 18.5 Å². The number of nitrogens with zero attached hydrogens (tertiary/aromatic N) is 1. The van der Waals surface area contributed by atoms with Gasteiger partial charge >= 0.3 is 6.09 Å². The van der Waals surface area contributed by atoms with Crippen molar-refractivity contribution in [2.75, 3.05) is 17.3 Å². The number of nitrogens with one attached hydrogen (secondary N) is 1. The van der Waals surface area contributed by atoms with E-state index in [1.807, 2.05) is 12.1 Å². The van der Waals surface area contributed by atoms with E-state index in [2.05, 4.69) is 26.1 Å². The standard InChI is InChI=1S/C24H31N3O4S/c1-23(2,3)16-10-8-15(9-11-16)20(28)27(21(25)32)17-12-13-18(19(14-17)30-7)26-22(29)31-24(4,5)6/h8-14H,1-7H3,(H2,25,32)(H,26,29). The van der Waals surface area contributed by atoms with Gasteiger partial charge in [-0.1, -0.05) is 32.9 Å². The minimum absolute atomic E-state index is 0.0330. The molecule has 2 aromatic rings. The summed E-state index contributed by atoms with van der Waals surface area (Å²) < 4.78 is 10.7. The fourth-order valence-electron chi connectivity index (χ4n) is 2.92. The first-order valence-electron chi connectivity index (χ1n) is 10.2. The van der Waals surface area contributed by atoms with Crippen molar-refractivity contribution in [3.63, 3.8) is 0 Å². The van der Waals surface area contributed by atoms with E-state index in [4.69, 9.17) is 27.4 Å². The van der Waals surface area contributed by atoms with Gasteiger partial charge in [0.2, 0.25) is 0 Å². The topological polar surface area (TPSA) is 93.9 Å². The number of carbonyl (C=O) groups excluding carboxylic acids is 2. The lowest BCUT2D eigenvalue weighted by Gasteiger charge is -2.24. The van der Waals surface area contributed by atoms with Crippen LogP contribution in [-0.4, -0.2) is 29.8 Å². The Kier molecular flexibility index (Phi) is 7.51. The molecule has 0 spiro atoms. The fourth-order valence-corrected chi connectivity index (χ4v) is 3.11. The van der Waals surface area contributed by atoms with Crippen LogP contribution in [0.5, 0.6) is 5.75 Å². The van der Waals surface area contributed by atoms with Crippen molar-refractivity contribution in [3.8, 4) is 5.75 Å². The van der Waals surface area contributed by atoms with Crippen molar-refractivity contribution in [1.82, 2.24) is 0 Å². The minimum atomic E-state index is -0.644. The van der Waals surface area contributed by atoms with Crippen molar-refractivity contribution in [1.29, 1.82) is 0 Å². The molecule has 8 heteroatoms. The number of nitrogens with two attached hydrogens (primary N) is 1. The van der Waals surface area contributed by atoms with E-state index in [1.54, 1.807) is 51.1 Å². The van der Waals surface area contributed by atoms with Gasteiger partial charge in [-0.15, -0.1) is 0 Å². The molecule has 0 aromatic heterocycles. The molecule has 3 N–H and O–H groups in total. The number of hydrogen-bond donors (Lipinski definition) is 2. The lowest BCUT2D eigenvalue weighted by atomic mass is 9.86. The Morgan fingerprint density at radius 3 is 2.06 bits per heavy atom. The molecule has 0 fully saturated rings. The number of benzene rings is 2. The van der Waals surface area contributed by atoms with Crippen LogP contribution in [0.15, 0.2) is 42.5 Å². The van der Waals surface area contributed by atoms with Crippen LogP contribution in [0.3, 0.4) is 0 Å². The summed E-state index contributed by atoms with van der Waals surface area (Å²) in [6, 6.07) is 12.1. The normalized spacial score (nSPS) is 11.5. The molecule has 0 saturated carbocycles. The van der Waals surface area contributed by atoms with Gasteiger partial charge in [-0.2, -0.15) is 0 Å². The molecule has 2 rings (SSSR count). The Labute approximate surface area is 194 Å². The zero-order chi connectivity index (χ0) is 24.3. The Bertz CT molecular complexity index is 1010. The van der Waals surface area contributed by atoms with Crippen molar-refractivity contribution in [2.24, 2.45) is 5.73 Å². The van der Waals surface area contributed by atoms with E-state index in [0.29, 0.717) is 22.7 Å². The Balaban J connectivity index is 2.34. The monoisotopic (exact) mass is 457 g/mol. The summed E-state index contributed by atoms with van der Waals surface area (Å²) in [4.78, 5) is 26.5. The van der Waals surface area contributed by atoms with E-state index in [0.717, 1.165) is 5.56 Å². The first-order valence-corrected chi connectivity index (χ1v) is 10.6. The van der Waals surface area contributed by atoms with Gasteiger partial charge in [0.15, 0.2) is 5.11 Å². The maximum atomic E-state index is 13.2. The number of rotatable bonds is 4. The highest BCUT2D eigenvalue weighted by Crippen LogP contribution is 2.31. The first kappa shape index (κ1) is 25.1. The number of thiocarbonyl (C=S) groups is 1. The smallest absolute Gasteiger partial charge is 0.412 e. The molecule has 0 unspecified atom stereocenters. The van der Waals surface area contributed by atoms with Gasteiger partial charge in [0.25, 0.3) is 5.91 Å². The van der Waals surface area contributed by atoms with Crippen LogP contribution in [-0.2, 0) is 10.2 Å². The van der Waals surface area contributed by atoms with E-state index in [1.165, 1.54) is 12.0 Å². The highest BCUT2D eigenvalue weighted by Gasteiger charge is 2.24. The minimum Gasteiger partial charge on any atom is -0.494 e. The average molecular weight is 458 g/mol.